The SMILES string of the molecule is CCC1(CC)CNc2cc(OC)ccc2N1. The number of hydrogen-bond acceptors (Lipinski definition) is 3. The van der Waals surface area contributed by atoms with Crippen molar-refractivity contribution in [2.75, 3.05) is 24.3 Å². The summed E-state index contributed by atoms with van der Waals surface area (Å²) in [5, 5.41) is 7.13. The summed E-state index contributed by atoms with van der Waals surface area (Å²) in [7, 11) is 1.69. The Kier molecular flexibility index (Phi) is 2.95. The summed E-state index contributed by atoms with van der Waals surface area (Å²) in [4.78, 5) is 0. The van der Waals surface area contributed by atoms with Gasteiger partial charge >= 0.3 is 0 Å². The summed E-state index contributed by atoms with van der Waals surface area (Å²) in [6, 6.07) is 6.12. The first-order chi connectivity index (χ1) is 7.73. The van der Waals surface area contributed by atoms with Crippen LogP contribution in [0, 0.1) is 0 Å². The highest BCUT2D eigenvalue weighted by atomic mass is 16.5. The van der Waals surface area contributed by atoms with Crippen LogP contribution in [0.5, 0.6) is 5.75 Å². The van der Waals surface area contributed by atoms with Crippen molar-refractivity contribution in [2.24, 2.45) is 0 Å². The van der Waals surface area contributed by atoms with E-state index in [4.69, 9.17) is 4.74 Å². The molecule has 3 nitrogen and oxygen atoms in total. The minimum atomic E-state index is 0.196. The van der Waals surface area contributed by atoms with Gasteiger partial charge in [0.2, 0.25) is 0 Å². The largest absolute Gasteiger partial charge is 0.497 e. The zero-order valence-electron chi connectivity index (χ0n) is 10.3. The quantitative estimate of drug-likeness (QED) is 0.821. The Morgan fingerprint density at radius 3 is 2.62 bits per heavy atom. The molecule has 0 aromatic heterocycles. The summed E-state index contributed by atoms with van der Waals surface area (Å²) >= 11 is 0. The maximum Gasteiger partial charge on any atom is 0.121 e. The van der Waals surface area contributed by atoms with Crippen LogP contribution < -0.4 is 15.4 Å². The predicted octanol–water partition coefficient (Wildman–Crippen LogP) is 3.09. The van der Waals surface area contributed by atoms with E-state index in [2.05, 4.69) is 30.5 Å². The van der Waals surface area contributed by atoms with Gasteiger partial charge in [-0.3, -0.25) is 0 Å². The van der Waals surface area contributed by atoms with E-state index in [1.165, 1.54) is 5.69 Å². The summed E-state index contributed by atoms with van der Waals surface area (Å²) in [6.07, 6.45) is 2.25. The van der Waals surface area contributed by atoms with Crippen molar-refractivity contribution in [1.82, 2.24) is 0 Å². The van der Waals surface area contributed by atoms with Crippen molar-refractivity contribution in [3.63, 3.8) is 0 Å². The van der Waals surface area contributed by atoms with E-state index in [9.17, 15) is 0 Å². The lowest BCUT2D eigenvalue weighted by atomic mass is 9.90. The molecule has 3 heteroatoms. The summed E-state index contributed by atoms with van der Waals surface area (Å²) < 4.78 is 5.22. The zero-order chi connectivity index (χ0) is 11.6. The molecule has 0 aliphatic carbocycles. The van der Waals surface area contributed by atoms with E-state index in [-0.39, 0.29) is 5.54 Å². The molecule has 16 heavy (non-hydrogen) atoms. The molecule has 1 aliphatic heterocycles. The average molecular weight is 220 g/mol. The topological polar surface area (TPSA) is 33.3 Å². The minimum absolute atomic E-state index is 0.196. The van der Waals surface area contributed by atoms with Gasteiger partial charge in [-0.2, -0.15) is 0 Å². The van der Waals surface area contributed by atoms with Crippen LogP contribution in [0.4, 0.5) is 11.4 Å². The van der Waals surface area contributed by atoms with Crippen molar-refractivity contribution >= 4 is 11.4 Å². The molecule has 0 amide bonds. The molecule has 0 atom stereocenters. The van der Waals surface area contributed by atoms with E-state index >= 15 is 0 Å². The van der Waals surface area contributed by atoms with E-state index < -0.39 is 0 Å². The van der Waals surface area contributed by atoms with Gasteiger partial charge in [0.05, 0.1) is 24.0 Å². The molecule has 0 saturated carbocycles. The third-order valence-electron chi connectivity index (χ3n) is 3.60. The Morgan fingerprint density at radius 1 is 1.25 bits per heavy atom. The normalized spacial score (nSPS) is 16.9. The monoisotopic (exact) mass is 220 g/mol. The fraction of sp³-hybridized carbons (Fsp3) is 0.538. The second-order valence-corrected chi connectivity index (χ2v) is 4.38. The number of ether oxygens (including phenoxy) is 1. The van der Waals surface area contributed by atoms with Gasteiger partial charge in [-0.25, -0.2) is 0 Å². The third-order valence-corrected chi connectivity index (χ3v) is 3.60. The minimum Gasteiger partial charge on any atom is -0.497 e. The standard InChI is InChI=1S/C13H20N2O/c1-4-13(5-2)9-14-12-8-10(16-3)6-7-11(12)15-13/h6-8,14-15H,4-5,9H2,1-3H3. The van der Waals surface area contributed by atoms with Gasteiger partial charge in [0.15, 0.2) is 0 Å². The number of rotatable bonds is 3. The molecule has 1 heterocycles. The highest BCUT2D eigenvalue weighted by molar-refractivity contribution is 5.74. The van der Waals surface area contributed by atoms with Crippen LogP contribution in [0.15, 0.2) is 18.2 Å². The molecule has 1 aromatic carbocycles. The van der Waals surface area contributed by atoms with Crippen LogP contribution in [0.25, 0.3) is 0 Å². The highest BCUT2D eigenvalue weighted by Gasteiger charge is 2.30. The molecule has 88 valence electrons. The van der Waals surface area contributed by atoms with Crippen molar-refractivity contribution < 1.29 is 4.74 Å². The molecule has 0 bridgehead atoms. The van der Waals surface area contributed by atoms with Crippen LogP contribution >= 0.6 is 0 Å². The zero-order valence-corrected chi connectivity index (χ0v) is 10.3. The van der Waals surface area contributed by atoms with E-state index in [1.54, 1.807) is 7.11 Å². The number of benzene rings is 1. The Labute approximate surface area is 97.2 Å². The maximum absolute atomic E-state index is 5.22. The van der Waals surface area contributed by atoms with Gasteiger partial charge in [-0.05, 0) is 25.0 Å². The first-order valence-corrected chi connectivity index (χ1v) is 5.93. The molecule has 0 unspecified atom stereocenters. The van der Waals surface area contributed by atoms with Crippen LogP contribution in [0.1, 0.15) is 26.7 Å². The van der Waals surface area contributed by atoms with Crippen LogP contribution in [0.2, 0.25) is 0 Å². The fourth-order valence-corrected chi connectivity index (χ4v) is 2.18. The molecule has 1 aromatic rings. The Hall–Kier alpha value is -1.38. The van der Waals surface area contributed by atoms with Crippen molar-refractivity contribution in [2.45, 2.75) is 32.2 Å². The molecular weight excluding hydrogens is 200 g/mol. The summed E-state index contributed by atoms with van der Waals surface area (Å²) in [5.74, 6) is 0.897. The maximum atomic E-state index is 5.22. The van der Waals surface area contributed by atoms with Gasteiger partial charge in [-0.1, -0.05) is 13.8 Å². The number of fused-ring (bicyclic) bond motifs is 1. The molecule has 0 radical (unpaired) electrons. The van der Waals surface area contributed by atoms with E-state index in [1.807, 2.05) is 12.1 Å². The van der Waals surface area contributed by atoms with Crippen LogP contribution in [-0.4, -0.2) is 19.2 Å². The van der Waals surface area contributed by atoms with Gasteiger partial charge in [0.1, 0.15) is 5.75 Å². The first-order valence-electron chi connectivity index (χ1n) is 5.93. The molecule has 2 N–H and O–H groups in total. The van der Waals surface area contributed by atoms with E-state index in [0.29, 0.717) is 0 Å². The lowest BCUT2D eigenvalue weighted by Gasteiger charge is -2.39. The average Bonchev–Trinajstić information content (AvgIpc) is 2.37. The fourth-order valence-electron chi connectivity index (χ4n) is 2.18. The van der Waals surface area contributed by atoms with Crippen molar-refractivity contribution in [3.8, 4) is 5.75 Å². The second-order valence-electron chi connectivity index (χ2n) is 4.38. The number of nitrogens with one attached hydrogen (secondary N) is 2. The summed E-state index contributed by atoms with van der Waals surface area (Å²) in [5.41, 5.74) is 2.51. The van der Waals surface area contributed by atoms with E-state index in [0.717, 1.165) is 30.8 Å². The lowest BCUT2D eigenvalue weighted by Crippen LogP contribution is -2.46. The van der Waals surface area contributed by atoms with Gasteiger partial charge < -0.3 is 15.4 Å². The Morgan fingerprint density at radius 2 is 2.00 bits per heavy atom. The van der Waals surface area contributed by atoms with Gasteiger partial charge in [0, 0.05) is 12.6 Å². The van der Waals surface area contributed by atoms with Crippen molar-refractivity contribution in [3.05, 3.63) is 18.2 Å². The smallest absolute Gasteiger partial charge is 0.121 e. The first kappa shape index (κ1) is 11.1. The van der Waals surface area contributed by atoms with Crippen LogP contribution in [-0.2, 0) is 0 Å². The van der Waals surface area contributed by atoms with Crippen LogP contribution in [0.3, 0.4) is 0 Å². The molecular formula is C13H20N2O. The van der Waals surface area contributed by atoms with Crippen molar-refractivity contribution in [1.29, 1.82) is 0 Å². The Balaban J connectivity index is 2.28. The molecule has 2 rings (SSSR count). The highest BCUT2D eigenvalue weighted by Crippen LogP contribution is 2.35. The predicted molar refractivity (Wildman–Crippen MR) is 68.4 cm³/mol. The van der Waals surface area contributed by atoms with Gasteiger partial charge in [0.25, 0.3) is 0 Å². The molecule has 0 fully saturated rings. The number of anilines is 2. The second kappa shape index (κ2) is 4.24. The van der Waals surface area contributed by atoms with Gasteiger partial charge in [-0.15, -0.1) is 0 Å². The molecule has 0 saturated heterocycles. The lowest BCUT2D eigenvalue weighted by molar-refractivity contribution is 0.414. The third kappa shape index (κ3) is 1.82. The number of hydrogen-bond donors (Lipinski definition) is 2. The number of methoxy groups -OCH3 is 1. The Bertz CT molecular complexity index is 372. The summed E-state index contributed by atoms with van der Waals surface area (Å²) in [6.45, 7) is 5.43. The molecule has 0 spiro atoms. The molecule has 1 aliphatic rings.